The molecule has 1 atom stereocenters. The molecule has 0 radical (unpaired) electrons. The number of nitrogens with zero attached hydrogens (tertiary/aromatic N) is 3. The van der Waals surface area contributed by atoms with Crippen molar-refractivity contribution >= 4 is 41.1 Å². The minimum Gasteiger partial charge on any atom is -0.483 e. The molecule has 13 heteroatoms. The van der Waals surface area contributed by atoms with Crippen LogP contribution in [0.4, 0.5) is 11.6 Å². The van der Waals surface area contributed by atoms with Crippen LogP contribution in [0.25, 0.3) is 11.2 Å². The van der Waals surface area contributed by atoms with Crippen LogP contribution in [0.15, 0.2) is 35.3 Å². The number of anilines is 2. The summed E-state index contributed by atoms with van der Waals surface area (Å²) in [5, 5.41) is 21.5. The SMILES string of the molecule is CCC(NC(=O)c1ccc(NCc2cnc3nc(N)[nH]c(=O)c3n2)cc1)C(=O)O.O=CO. The number of fused-ring (bicyclic) bond motifs is 1. The molecule has 0 aliphatic carbocycles. The van der Waals surface area contributed by atoms with Gasteiger partial charge in [0.05, 0.1) is 18.4 Å². The second-order valence-electron chi connectivity index (χ2n) is 6.29. The number of carboxylic acid groups (broad SMARTS) is 2. The number of aromatic nitrogens is 4. The Hall–Kier alpha value is -4.55. The second-order valence-corrected chi connectivity index (χ2v) is 6.29. The lowest BCUT2D eigenvalue weighted by Crippen LogP contribution is -2.40. The van der Waals surface area contributed by atoms with Crippen molar-refractivity contribution in [2.75, 3.05) is 11.1 Å². The zero-order valence-corrected chi connectivity index (χ0v) is 16.9. The minimum atomic E-state index is -1.08. The highest BCUT2D eigenvalue weighted by Gasteiger charge is 2.18. The summed E-state index contributed by atoms with van der Waals surface area (Å²) in [5.41, 5.74) is 6.83. The number of carbonyl (C=O) groups excluding carboxylic acids is 1. The molecule has 0 aliphatic rings. The first kappa shape index (κ1) is 23.7. The smallest absolute Gasteiger partial charge is 0.326 e. The van der Waals surface area contributed by atoms with Crippen LogP contribution in [0.3, 0.4) is 0 Å². The predicted octanol–water partition coefficient (Wildman–Crippen LogP) is 0.201. The highest BCUT2D eigenvalue weighted by Crippen LogP contribution is 2.12. The van der Waals surface area contributed by atoms with Gasteiger partial charge in [0.15, 0.2) is 11.2 Å². The molecule has 168 valence electrons. The van der Waals surface area contributed by atoms with Crippen LogP contribution in [-0.2, 0) is 16.1 Å². The maximum Gasteiger partial charge on any atom is 0.326 e. The van der Waals surface area contributed by atoms with Crippen LogP contribution in [0.2, 0.25) is 0 Å². The van der Waals surface area contributed by atoms with E-state index in [0.29, 0.717) is 23.4 Å². The lowest BCUT2D eigenvalue weighted by molar-refractivity contribution is -0.139. The largest absolute Gasteiger partial charge is 0.483 e. The van der Waals surface area contributed by atoms with Crippen LogP contribution in [0.5, 0.6) is 0 Å². The third-order valence-corrected chi connectivity index (χ3v) is 4.12. The number of hydrogen-bond donors (Lipinski definition) is 6. The Labute approximate surface area is 180 Å². The van der Waals surface area contributed by atoms with Gasteiger partial charge in [0.25, 0.3) is 17.9 Å². The number of nitrogen functional groups attached to an aromatic ring is 1. The zero-order valence-electron chi connectivity index (χ0n) is 16.9. The Morgan fingerprint density at radius 1 is 1.25 bits per heavy atom. The number of carbonyl (C=O) groups is 3. The number of rotatable bonds is 7. The Bertz CT molecular complexity index is 1160. The second kappa shape index (κ2) is 11.0. The first-order chi connectivity index (χ1) is 15.3. The molecule has 3 rings (SSSR count). The van der Waals surface area contributed by atoms with Crippen LogP contribution in [-0.4, -0.2) is 54.5 Å². The summed E-state index contributed by atoms with van der Waals surface area (Å²) >= 11 is 0. The molecule has 1 unspecified atom stereocenters. The lowest BCUT2D eigenvalue weighted by Gasteiger charge is -2.12. The van der Waals surface area contributed by atoms with Crippen molar-refractivity contribution in [3.8, 4) is 0 Å². The van der Waals surface area contributed by atoms with E-state index in [9.17, 15) is 14.4 Å². The molecule has 0 fully saturated rings. The maximum atomic E-state index is 12.1. The molecule has 3 aromatic rings. The first-order valence-corrected chi connectivity index (χ1v) is 9.25. The topological polar surface area (TPSA) is 213 Å². The van der Waals surface area contributed by atoms with Crippen LogP contribution < -0.4 is 21.9 Å². The summed E-state index contributed by atoms with van der Waals surface area (Å²) in [5.74, 6) is -1.56. The third kappa shape index (κ3) is 6.22. The number of nitrogens with two attached hydrogens (primary N) is 1. The van der Waals surface area contributed by atoms with E-state index in [1.807, 2.05) is 0 Å². The third-order valence-electron chi connectivity index (χ3n) is 4.12. The van der Waals surface area contributed by atoms with Gasteiger partial charge in [-0.1, -0.05) is 6.92 Å². The average Bonchev–Trinajstić information content (AvgIpc) is 2.76. The van der Waals surface area contributed by atoms with E-state index in [4.69, 9.17) is 20.7 Å². The highest BCUT2D eigenvalue weighted by molar-refractivity contribution is 5.96. The molecule has 7 N–H and O–H groups in total. The highest BCUT2D eigenvalue weighted by atomic mass is 16.4. The van der Waals surface area contributed by atoms with Crippen LogP contribution in [0.1, 0.15) is 29.4 Å². The summed E-state index contributed by atoms with van der Waals surface area (Å²) in [6.07, 6.45) is 1.78. The van der Waals surface area contributed by atoms with E-state index >= 15 is 0 Å². The molecule has 0 bridgehead atoms. The van der Waals surface area contributed by atoms with E-state index < -0.39 is 23.5 Å². The van der Waals surface area contributed by atoms with Gasteiger partial charge in [0.1, 0.15) is 6.04 Å². The van der Waals surface area contributed by atoms with E-state index in [0.717, 1.165) is 0 Å². The molecule has 1 aromatic carbocycles. The van der Waals surface area contributed by atoms with E-state index in [2.05, 4.69) is 30.6 Å². The molecule has 2 aromatic heterocycles. The number of carboxylic acids is 1. The maximum absolute atomic E-state index is 12.1. The number of hydrogen-bond acceptors (Lipinski definition) is 9. The first-order valence-electron chi connectivity index (χ1n) is 9.25. The zero-order chi connectivity index (χ0) is 23.7. The van der Waals surface area contributed by atoms with Gasteiger partial charge in [0.2, 0.25) is 5.95 Å². The Morgan fingerprint density at radius 3 is 2.50 bits per heavy atom. The average molecular weight is 443 g/mol. The van der Waals surface area contributed by atoms with Crippen molar-refractivity contribution < 1.29 is 24.6 Å². The molecule has 2 heterocycles. The Morgan fingerprint density at radius 2 is 1.91 bits per heavy atom. The van der Waals surface area contributed by atoms with Crippen molar-refractivity contribution in [3.63, 3.8) is 0 Å². The van der Waals surface area contributed by atoms with Gasteiger partial charge in [-0.3, -0.25) is 19.4 Å². The van der Waals surface area contributed by atoms with Crippen molar-refractivity contribution in [3.05, 3.63) is 52.1 Å². The van der Waals surface area contributed by atoms with Crippen LogP contribution >= 0.6 is 0 Å². The van der Waals surface area contributed by atoms with Crippen LogP contribution in [0, 0.1) is 0 Å². The van der Waals surface area contributed by atoms with Crippen molar-refractivity contribution in [1.29, 1.82) is 0 Å². The standard InChI is InChI=1S/C18H19N7O4.CH2O2/c1-2-12(17(28)29)23-15(26)9-3-5-10(6-4-9)20-7-11-8-21-14-13(22-11)16(27)25-18(19)24-14;2-1-3/h3-6,8,12,20H,2,7H2,1H3,(H,23,26)(H,28,29)(H3,19,21,24,25,27);1H,(H,2,3). The molecular weight excluding hydrogens is 422 g/mol. The van der Waals surface area contributed by atoms with Gasteiger partial charge in [-0.05, 0) is 30.7 Å². The van der Waals surface area contributed by atoms with E-state index in [-0.39, 0.29) is 30.1 Å². The van der Waals surface area contributed by atoms with Gasteiger partial charge in [-0.15, -0.1) is 0 Å². The minimum absolute atomic E-state index is 0.0274. The quantitative estimate of drug-likeness (QED) is 0.271. The number of aliphatic carboxylic acids is 1. The monoisotopic (exact) mass is 443 g/mol. The predicted molar refractivity (Wildman–Crippen MR) is 114 cm³/mol. The summed E-state index contributed by atoms with van der Waals surface area (Å²) in [6.45, 7) is 1.72. The Kier molecular flexibility index (Phi) is 8.16. The fourth-order valence-corrected chi connectivity index (χ4v) is 2.57. The lowest BCUT2D eigenvalue weighted by atomic mass is 10.1. The number of aromatic amines is 1. The molecule has 13 nitrogen and oxygen atoms in total. The van der Waals surface area contributed by atoms with Gasteiger partial charge in [-0.25, -0.2) is 14.8 Å². The van der Waals surface area contributed by atoms with Gasteiger partial charge in [-0.2, -0.15) is 4.98 Å². The summed E-state index contributed by atoms with van der Waals surface area (Å²) < 4.78 is 0. The molecule has 0 saturated carbocycles. The fourth-order valence-electron chi connectivity index (χ4n) is 2.57. The number of nitrogens with one attached hydrogen (secondary N) is 3. The molecule has 0 spiro atoms. The van der Waals surface area contributed by atoms with Crippen molar-refractivity contribution in [2.24, 2.45) is 0 Å². The van der Waals surface area contributed by atoms with Crippen molar-refractivity contribution in [1.82, 2.24) is 25.3 Å². The Balaban J connectivity index is 0.00000114. The van der Waals surface area contributed by atoms with E-state index in [1.165, 1.54) is 6.20 Å². The molecule has 1 amide bonds. The fraction of sp³-hybridized carbons (Fsp3) is 0.211. The molecular formula is C19H21N7O6. The number of amides is 1. The summed E-state index contributed by atoms with van der Waals surface area (Å²) in [4.78, 5) is 58.0. The molecule has 0 saturated heterocycles. The van der Waals surface area contributed by atoms with Gasteiger partial charge in [0, 0.05) is 11.3 Å². The van der Waals surface area contributed by atoms with E-state index in [1.54, 1.807) is 31.2 Å². The van der Waals surface area contributed by atoms with Gasteiger partial charge >= 0.3 is 5.97 Å². The van der Waals surface area contributed by atoms with Crippen molar-refractivity contribution in [2.45, 2.75) is 25.9 Å². The number of benzene rings is 1. The number of H-pyrrole nitrogens is 1. The van der Waals surface area contributed by atoms with Gasteiger partial charge < -0.3 is 26.6 Å². The normalized spacial score (nSPS) is 11.0. The molecule has 32 heavy (non-hydrogen) atoms. The summed E-state index contributed by atoms with van der Waals surface area (Å²) in [6, 6.07) is 5.59. The summed E-state index contributed by atoms with van der Waals surface area (Å²) in [7, 11) is 0. The molecule has 0 aliphatic heterocycles.